The number of amides is 3. The molecule has 246 valence electrons. The average molecular weight is 723 g/mol. The van der Waals surface area contributed by atoms with Crippen LogP contribution in [0.3, 0.4) is 0 Å². The van der Waals surface area contributed by atoms with Crippen molar-refractivity contribution >= 4 is 69.6 Å². The van der Waals surface area contributed by atoms with Crippen LogP contribution in [0.15, 0.2) is 48.5 Å². The first-order valence-corrected chi connectivity index (χ1v) is 13.5. The van der Waals surface area contributed by atoms with Gasteiger partial charge in [0.2, 0.25) is 5.91 Å². The Labute approximate surface area is 266 Å². The van der Waals surface area contributed by atoms with Crippen LogP contribution in [0, 0.1) is 23.4 Å². The van der Waals surface area contributed by atoms with Crippen LogP contribution in [-0.4, -0.2) is 35.0 Å². The normalized spacial score (nSPS) is 17.3. The molecule has 3 aromatic rings. The standard InChI is InChI=1S/C27H15Cl3F9N3O4/c28-15-2-1-13(40-24(45)20-19(25(20,29)30)10-5-11(26(34,35)36)7-12(31)6-10)8-14(15)23(44)41-17-4-3-16(32)22(21(17)33)42-18(43)9-46-27(37,38)39/h1-8,19-20H,9H2,(H,40,45)(H,41,44)(H,42,43)/t19-,20?/m0/s1. The Morgan fingerprint density at radius 1 is 0.870 bits per heavy atom. The van der Waals surface area contributed by atoms with Gasteiger partial charge in [-0.1, -0.05) is 11.6 Å². The summed E-state index contributed by atoms with van der Waals surface area (Å²) in [6, 6.07) is 6.26. The summed E-state index contributed by atoms with van der Waals surface area (Å²) in [5, 5.41) is 5.70. The molecule has 46 heavy (non-hydrogen) atoms. The zero-order valence-electron chi connectivity index (χ0n) is 22.1. The van der Waals surface area contributed by atoms with Gasteiger partial charge in [-0.2, -0.15) is 13.2 Å². The molecule has 1 unspecified atom stereocenters. The topological polar surface area (TPSA) is 96.5 Å². The number of rotatable bonds is 8. The molecule has 1 aliphatic carbocycles. The fraction of sp³-hybridized carbons (Fsp3) is 0.222. The fourth-order valence-electron chi connectivity index (χ4n) is 4.30. The van der Waals surface area contributed by atoms with Gasteiger partial charge < -0.3 is 16.0 Å². The molecule has 19 heteroatoms. The number of carbonyl (C=O) groups excluding carboxylic acids is 3. The van der Waals surface area contributed by atoms with E-state index < -0.39 is 93.0 Å². The zero-order valence-corrected chi connectivity index (χ0v) is 24.4. The molecule has 4 rings (SSSR count). The Morgan fingerprint density at radius 2 is 1.54 bits per heavy atom. The molecule has 0 bridgehead atoms. The molecule has 3 N–H and O–H groups in total. The Morgan fingerprint density at radius 3 is 2.17 bits per heavy atom. The Kier molecular flexibility index (Phi) is 9.79. The van der Waals surface area contributed by atoms with E-state index in [9.17, 15) is 53.9 Å². The number of carbonyl (C=O) groups is 3. The van der Waals surface area contributed by atoms with Crippen molar-refractivity contribution in [3.63, 3.8) is 0 Å². The lowest BCUT2D eigenvalue weighted by Gasteiger charge is -2.14. The fourth-order valence-corrected chi connectivity index (χ4v) is 5.33. The molecule has 0 aromatic heterocycles. The minimum absolute atomic E-state index is 0.123. The largest absolute Gasteiger partial charge is 0.523 e. The summed E-state index contributed by atoms with van der Waals surface area (Å²) in [5.41, 5.74) is -4.09. The molecular weight excluding hydrogens is 708 g/mol. The number of alkyl halides is 8. The van der Waals surface area contributed by atoms with Crippen molar-refractivity contribution in [1.82, 2.24) is 0 Å². The van der Waals surface area contributed by atoms with E-state index in [1.807, 2.05) is 5.32 Å². The first kappa shape index (κ1) is 35.1. The number of ether oxygens (including phenoxy) is 1. The lowest BCUT2D eigenvalue weighted by Crippen LogP contribution is -2.25. The molecule has 1 fully saturated rings. The maximum atomic E-state index is 14.9. The molecule has 0 aliphatic heterocycles. The Hall–Kier alpha value is -3.73. The van der Waals surface area contributed by atoms with Crippen molar-refractivity contribution in [2.75, 3.05) is 22.6 Å². The van der Waals surface area contributed by atoms with Crippen LogP contribution in [0.25, 0.3) is 0 Å². The van der Waals surface area contributed by atoms with Gasteiger partial charge in [-0.05, 0) is 54.1 Å². The van der Waals surface area contributed by atoms with Crippen LogP contribution in [0.2, 0.25) is 5.02 Å². The summed E-state index contributed by atoms with van der Waals surface area (Å²) in [5.74, 6) is -10.5. The highest BCUT2D eigenvalue weighted by Crippen LogP contribution is 2.65. The molecule has 1 saturated carbocycles. The third-order valence-electron chi connectivity index (χ3n) is 6.39. The highest BCUT2D eigenvalue weighted by Gasteiger charge is 2.67. The van der Waals surface area contributed by atoms with Crippen molar-refractivity contribution in [1.29, 1.82) is 0 Å². The molecule has 0 radical (unpaired) electrons. The van der Waals surface area contributed by atoms with Crippen molar-refractivity contribution in [3.8, 4) is 0 Å². The highest BCUT2D eigenvalue weighted by atomic mass is 35.5. The Balaban J connectivity index is 1.50. The molecular formula is C27H15Cl3F9N3O4. The van der Waals surface area contributed by atoms with Crippen LogP contribution in [0.5, 0.6) is 0 Å². The van der Waals surface area contributed by atoms with Gasteiger partial charge in [0, 0.05) is 11.6 Å². The van der Waals surface area contributed by atoms with E-state index in [1.54, 1.807) is 5.32 Å². The van der Waals surface area contributed by atoms with Crippen LogP contribution in [0.4, 0.5) is 56.6 Å². The van der Waals surface area contributed by atoms with Crippen molar-refractivity contribution in [3.05, 3.63) is 87.7 Å². The molecule has 0 spiro atoms. The molecule has 0 heterocycles. The minimum atomic E-state index is -5.20. The minimum Gasteiger partial charge on any atom is -0.326 e. The van der Waals surface area contributed by atoms with Gasteiger partial charge >= 0.3 is 12.5 Å². The number of anilines is 3. The van der Waals surface area contributed by atoms with Gasteiger partial charge in [0.1, 0.15) is 28.3 Å². The number of halogens is 12. The maximum Gasteiger partial charge on any atom is 0.523 e. The van der Waals surface area contributed by atoms with Gasteiger partial charge in [0.05, 0.1) is 27.8 Å². The molecule has 3 amide bonds. The zero-order chi connectivity index (χ0) is 34.4. The summed E-state index contributed by atoms with van der Waals surface area (Å²) in [6.07, 6.45) is -10.1. The first-order valence-electron chi connectivity index (χ1n) is 12.3. The number of hydrogen-bond donors (Lipinski definition) is 3. The van der Waals surface area contributed by atoms with Gasteiger partial charge in [0.15, 0.2) is 5.82 Å². The summed E-state index contributed by atoms with van der Waals surface area (Å²) in [4.78, 5) is 37.6. The van der Waals surface area contributed by atoms with Crippen LogP contribution < -0.4 is 16.0 Å². The third-order valence-corrected chi connectivity index (χ3v) is 7.66. The van der Waals surface area contributed by atoms with E-state index in [-0.39, 0.29) is 22.3 Å². The molecule has 7 nitrogen and oxygen atoms in total. The predicted octanol–water partition coefficient (Wildman–Crippen LogP) is 8.03. The van der Waals surface area contributed by atoms with Gasteiger partial charge in [-0.25, -0.2) is 13.2 Å². The van der Waals surface area contributed by atoms with E-state index >= 15 is 0 Å². The second-order valence-corrected chi connectivity index (χ2v) is 11.5. The van der Waals surface area contributed by atoms with Gasteiger partial charge in [-0.3, -0.25) is 19.1 Å². The van der Waals surface area contributed by atoms with E-state index in [4.69, 9.17) is 34.8 Å². The number of benzene rings is 3. The van der Waals surface area contributed by atoms with Crippen molar-refractivity contribution in [2.45, 2.75) is 22.8 Å². The lowest BCUT2D eigenvalue weighted by molar-refractivity contribution is -0.320. The molecule has 3 aromatic carbocycles. The van der Waals surface area contributed by atoms with E-state index in [0.717, 1.165) is 24.3 Å². The Bertz CT molecular complexity index is 1720. The van der Waals surface area contributed by atoms with Crippen LogP contribution >= 0.6 is 34.8 Å². The first-order chi connectivity index (χ1) is 21.2. The lowest BCUT2D eigenvalue weighted by atomic mass is 10.0. The monoisotopic (exact) mass is 721 g/mol. The van der Waals surface area contributed by atoms with Gasteiger partial charge in [0.25, 0.3) is 11.8 Å². The van der Waals surface area contributed by atoms with Gasteiger partial charge in [-0.15, -0.1) is 36.4 Å². The average Bonchev–Trinajstić information content (AvgIpc) is 3.53. The number of hydrogen-bond acceptors (Lipinski definition) is 4. The molecule has 2 atom stereocenters. The predicted molar refractivity (Wildman–Crippen MR) is 147 cm³/mol. The van der Waals surface area contributed by atoms with Crippen molar-refractivity contribution < 1.29 is 58.6 Å². The third kappa shape index (κ3) is 7.97. The van der Waals surface area contributed by atoms with E-state index in [1.165, 1.54) is 6.07 Å². The van der Waals surface area contributed by atoms with E-state index in [2.05, 4.69) is 10.1 Å². The number of nitrogens with one attached hydrogen (secondary N) is 3. The summed E-state index contributed by atoms with van der Waals surface area (Å²) in [7, 11) is 0. The van der Waals surface area contributed by atoms with Crippen LogP contribution in [0.1, 0.15) is 27.4 Å². The second kappa shape index (κ2) is 12.8. The molecule has 1 aliphatic rings. The summed E-state index contributed by atoms with van der Waals surface area (Å²) >= 11 is 18.4. The second-order valence-electron chi connectivity index (χ2n) is 9.61. The smallest absolute Gasteiger partial charge is 0.326 e. The highest BCUT2D eigenvalue weighted by molar-refractivity contribution is 6.53. The SMILES string of the molecule is O=C(COC(F)(F)F)Nc1c(F)ccc(NC(=O)c2cc(NC(=O)C3[C@H](c4cc(F)cc(C(F)(F)F)c4)C3(Cl)Cl)ccc2Cl)c1F. The molecule has 0 saturated heterocycles. The maximum absolute atomic E-state index is 14.9. The van der Waals surface area contributed by atoms with Crippen molar-refractivity contribution in [2.24, 2.45) is 5.92 Å². The van der Waals surface area contributed by atoms with Crippen LogP contribution in [-0.2, 0) is 20.5 Å². The summed E-state index contributed by atoms with van der Waals surface area (Å²) in [6.45, 7) is -1.62. The van der Waals surface area contributed by atoms with E-state index in [0.29, 0.717) is 12.1 Å². The summed E-state index contributed by atoms with van der Waals surface area (Å²) < 4.78 is 120. The quantitative estimate of drug-likeness (QED) is 0.162.